The van der Waals surface area contributed by atoms with E-state index in [2.05, 4.69) is 55.1 Å². The number of hydrogen-bond donors (Lipinski definition) is 1. The van der Waals surface area contributed by atoms with Crippen molar-refractivity contribution < 1.29 is 13.2 Å². The second-order valence-electron chi connectivity index (χ2n) is 8.28. The van der Waals surface area contributed by atoms with Gasteiger partial charge in [0.05, 0.1) is 18.1 Å². The first kappa shape index (κ1) is 22.3. The third-order valence-corrected chi connectivity index (χ3v) is 8.85. The van der Waals surface area contributed by atoms with Crippen molar-refractivity contribution >= 4 is 36.8 Å². The summed E-state index contributed by atoms with van der Waals surface area (Å²) in [5.74, 6) is 0. The van der Waals surface area contributed by atoms with Gasteiger partial charge in [-0.05, 0) is 52.2 Å². The van der Waals surface area contributed by atoms with Crippen LogP contribution >= 0.6 is 15.9 Å². The van der Waals surface area contributed by atoms with Crippen LogP contribution in [0.2, 0.25) is 0 Å². The Morgan fingerprint density at radius 3 is 2.45 bits per heavy atom. The highest BCUT2D eigenvalue weighted by molar-refractivity contribution is 9.10. The Bertz CT molecular complexity index is 1390. The largest absolute Gasteiger partial charge is 0.379 e. The molecule has 2 aromatic carbocycles. The normalized spacial score (nSPS) is 15.2. The minimum atomic E-state index is -3.69. The van der Waals surface area contributed by atoms with E-state index in [0.29, 0.717) is 10.1 Å². The number of fused-ring (bicyclic) bond motifs is 1. The monoisotopic (exact) mass is 525 g/mol. The van der Waals surface area contributed by atoms with Crippen LogP contribution in [0.3, 0.4) is 0 Å². The summed E-state index contributed by atoms with van der Waals surface area (Å²) < 4.78 is 32.3. The van der Waals surface area contributed by atoms with Gasteiger partial charge in [-0.15, -0.1) is 0 Å². The molecule has 1 aliphatic rings. The maximum atomic E-state index is 13.2. The smallest absolute Gasteiger partial charge is 0.209 e. The molecule has 0 radical (unpaired) electrons. The summed E-state index contributed by atoms with van der Waals surface area (Å²) in [6.45, 7) is 6.32. The molecule has 0 atom stereocenters. The van der Waals surface area contributed by atoms with Crippen molar-refractivity contribution in [1.82, 2.24) is 14.9 Å². The number of H-pyrrole nitrogens is 1. The molecule has 8 heteroatoms. The zero-order valence-corrected chi connectivity index (χ0v) is 20.6. The van der Waals surface area contributed by atoms with Crippen LogP contribution in [0.25, 0.3) is 22.3 Å². The van der Waals surface area contributed by atoms with Crippen molar-refractivity contribution in [2.75, 3.05) is 26.3 Å². The Labute approximate surface area is 201 Å². The quantitative estimate of drug-likeness (QED) is 0.398. The molecule has 3 heterocycles. The molecule has 5 rings (SSSR count). The molecule has 1 fully saturated rings. The topological polar surface area (TPSA) is 75.3 Å². The summed E-state index contributed by atoms with van der Waals surface area (Å²) in [7, 11) is -3.69. The molecule has 4 aromatic rings. The molecule has 2 aromatic heterocycles. The van der Waals surface area contributed by atoms with Crippen molar-refractivity contribution in [2.24, 2.45) is 0 Å². The van der Waals surface area contributed by atoms with Crippen LogP contribution in [0.4, 0.5) is 0 Å². The van der Waals surface area contributed by atoms with Gasteiger partial charge >= 0.3 is 0 Å². The average molecular weight is 526 g/mol. The molecule has 1 N–H and O–H groups in total. The predicted molar refractivity (Wildman–Crippen MR) is 132 cm³/mol. The molecular weight excluding hydrogens is 502 g/mol. The molecule has 0 amide bonds. The van der Waals surface area contributed by atoms with Crippen LogP contribution < -0.4 is 0 Å². The molecule has 0 saturated carbocycles. The van der Waals surface area contributed by atoms with Crippen LogP contribution in [0.15, 0.2) is 75.1 Å². The number of benzene rings is 2. The fourth-order valence-corrected chi connectivity index (χ4v) is 6.35. The molecule has 0 aliphatic carbocycles. The highest BCUT2D eigenvalue weighted by atomic mass is 79.9. The Hall–Kier alpha value is -2.52. The molecule has 170 valence electrons. The summed E-state index contributed by atoms with van der Waals surface area (Å²) in [4.78, 5) is 10.5. The van der Waals surface area contributed by atoms with Crippen LogP contribution in [-0.4, -0.2) is 49.6 Å². The Kier molecular flexibility index (Phi) is 6.09. The molecule has 1 saturated heterocycles. The van der Waals surface area contributed by atoms with Crippen LogP contribution in [-0.2, 0) is 21.1 Å². The first-order valence-corrected chi connectivity index (χ1v) is 13.1. The number of ether oxygens (including phenoxy) is 1. The standard InChI is InChI=1S/C25H24BrN3O3S/c1-17-2-8-20(9-3-17)33(30,31)23-15-27-25-21(24(23)26)14-22(28-25)19-6-4-18(5-7-19)16-29-10-12-32-13-11-29/h2-9,14-15H,10-13,16H2,1H3,(H,27,28). The zero-order chi connectivity index (χ0) is 23.0. The van der Waals surface area contributed by atoms with Gasteiger partial charge in [-0.2, -0.15) is 0 Å². The van der Waals surface area contributed by atoms with Crippen LogP contribution in [0.5, 0.6) is 0 Å². The van der Waals surface area contributed by atoms with Gasteiger partial charge in [0.1, 0.15) is 10.5 Å². The number of pyridine rings is 1. The van der Waals surface area contributed by atoms with E-state index in [1.54, 1.807) is 24.3 Å². The molecule has 6 nitrogen and oxygen atoms in total. The number of nitrogens with one attached hydrogen (secondary N) is 1. The number of hydrogen-bond acceptors (Lipinski definition) is 5. The van der Waals surface area contributed by atoms with Crippen molar-refractivity contribution in [3.63, 3.8) is 0 Å². The van der Waals surface area contributed by atoms with Crippen molar-refractivity contribution in [1.29, 1.82) is 0 Å². The maximum absolute atomic E-state index is 13.2. The minimum absolute atomic E-state index is 0.158. The summed E-state index contributed by atoms with van der Waals surface area (Å²) in [6.07, 6.45) is 1.41. The van der Waals surface area contributed by atoms with Crippen LogP contribution in [0.1, 0.15) is 11.1 Å². The molecule has 33 heavy (non-hydrogen) atoms. The van der Waals surface area contributed by atoms with Crippen molar-refractivity contribution in [2.45, 2.75) is 23.3 Å². The highest BCUT2D eigenvalue weighted by Gasteiger charge is 2.23. The minimum Gasteiger partial charge on any atom is -0.379 e. The number of halogens is 1. The highest BCUT2D eigenvalue weighted by Crippen LogP contribution is 2.35. The summed E-state index contributed by atoms with van der Waals surface area (Å²) in [6, 6.07) is 17.2. The van der Waals surface area contributed by atoms with Gasteiger partial charge in [0.15, 0.2) is 0 Å². The lowest BCUT2D eigenvalue weighted by Crippen LogP contribution is -2.35. The van der Waals surface area contributed by atoms with E-state index in [1.807, 2.05) is 13.0 Å². The Morgan fingerprint density at radius 1 is 1.06 bits per heavy atom. The van der Waals surface area contributed by atoms with E-state index >= 15 is 0 Å². The number of aryl methyl sites for hydroxylation is 1. The first-order chi connectivity index (χ1) is 15.9. The van der Waals surface area contributed by atoms with Crippen molar-refractivity contribution in [3.8, 4) is 11.3 Å². The third kappa shape index (κ3) is 4.48. The Balaban J connectivity index is 1.44. The number of rotatable bonds is 5. The molecule has 0 bridgehead atoms. The van der Waals surface area contributed by atoms with Gasteiger partial charge < -0.3 is 9.72 Å². The maximum Gasteiger partial charge on any atom is 0.209 e. The first-order valence-electron chi connectivity index (χ1n) is 10.8. The number of nitrogens with zero attached hydrogens (tertiary/aromatic N) is 2. The van der Waals surface area contributed by atoms with Gasteiger partial charge in [0.25, 0.3) is 0 Å². The van der Waals surface area contributed by atoms with Gasteiger partial charge in [0, 0.05) is 41.4 Å². The summed E-state index contributed by atoms with van der Waals surface area (Å²) >= 11 is 3.53. The number of aromatic amines is 1. The number of aromatic nitrogens is 2. The number of sulfone groups is 1. The van der Waals surface area contributed by atoms with E-state index in [-0.39, 0.29) is 9.79 Å². The Morgan fingerprint density at radius 2 is 1.76 bits per heavy atom. The van der Waals surface area contributed by atoms with Gasteiger partial charge in [-0.3, -0.25) is 4.90 Å². The third-order valence-electron chi connectivity index (χ3n) is 5.96. The lowest BCUT2D eigenvalue weighted by molar-refractivity contribution is 0.0342. The van der Waals surface area contributed by atoms with E-state index in [4.69, 9.17) is 4.74 Å². The molecule has 0 spiro atoms. The summed E-state index contributed by atoms with van der Waals surface area (Å²) in [5.41, 5.74) is 4.81. The fraction of sp³-hybridized carbons (Fsp3) is 0.240. The SMILES string of the molecule is Cc1ccc(S(=O)(=O)c2cnc3[nH]c(-c4ccc(CN5CCOCC5)cc4)cc3c2Br)cc1. The van der Waals surface area contributed by atoms with Gasteiger partial charge in [-0.1, -0.05) is 42.0 Å². The van der Waals surface area contributed by atoms with Gasteiger partial charge in [0.2, 0.25) is 9.84 Å². The fourth-order valence-electron chi connectivity index (χ4n) is 4.02. The lowest BCUT2D eigenvalue weighted by Gasteiger charge is -2.26. The van der Waals surface area contributed by atoms with Crippen molar-refractivity contribution in [3.05, 3.63) is 76.4 Å². The second-order valence-corrected chi connectivity index (χ2v) is 11.0. The van der Waals surface area contributed by atoms with E-state index < -0.39 is 9.84 Å². The van der Waals surface area contributed by atoms with E-state index in [1.165, 1.54) is 11.8 Å². The molecule has 0 unspecified atom stereocenters. The van der Waals surface area contributed by atoms with Crippen LogP contribution in [0, 0.1) is 6.92 Å². The molecular formula is C25H24BrN3O3S. The second kappa shape index (κ2) is 9.02. The zero-order valence-electron chi connectivity index (χ0n) is 18.2. The van der Waals surface area contributed by atoms with E-state index in [9.17, 15) is 8.42 Å². The summed E-state index contributed by atoms with van der Waals surface area (Å²) in [5, 5.41) is 0.732. The predicted octanol–water partition coefficient (Wildman–Crippen LogP) is 4.97. The average Bonchev–Trinajstić information content (AvgIpc) is 3.26. The number of morpholine rings is 1. The van der Waals surface area contributed by atoms with Gasteiger partial charge in [-0.25, -0.2) is 13.4 Å². The molecule has 1 aliphatic heterocycles. The van der Waals surface area contributed by atoms with E-state index in [0.717, 1.165) is 55.1 Å². The lowest BCUT2D eigenvalue weighted by atomic mass is 10.1.